The van der Waals surface area contributed by atoms with Gasteiger partial charge in [0.1, 0.15) is 0 Å². The summed E-state index contributed by atoms with van der Waals surface area (Å²) >= 11 is 0. The van der Waals surface area contributed by atoms with Gasteiger partial charge in [-0.2, -0.15) is 0 Å². The molecule has 0 rings (SSSR count). The van der Waals surface area contributed by atoms with Crippen LogP contribution in [-0.2, 0) is 0 Å². The Labute approximate surface area is 123 Å². The number of rotatable bonds is 0. The maximum Gasteiger partial charge on any atom is 1.00 e. The van der Waals surface area contributed by atoms with Crippen LogP contribution in [0.25, 0.3) is 0 Å². The molecule has 1 N–H and O–H groups in total. The number of hydrogen-bond donors (Lipinski definition) is 0. The van der Waals surface area contributed by atoms with Crippen molar-refractivity contribution in [3.63, 3.8) is 0 Å². The number of hydrogen-bond acceptors (Lipinski definition) is 2. The molecule has 0 fully saturated rings. The zero-order chi connectivity index (χ0) is 2.71. The molecule has 0 atom stereocenters. The van der Waals surface area contributed by atoms with Crippen LogP contribution in [0.5, 0.6) is 0 Å². The maximum absolute atomic E-state index is 8.82. The van der Waals surface area contributed by atoms with Crippen LogP contribution in [0.2, 0.25) is 0 Å². The van der Waals surface area contributed by atoms with Crippen molar-refractivity contribution < 1.29 is 113 Å². The topological polar surface area (TPSA) is 53.1 Å². The van der Waals surface area contributed by atoms with Gasteiger partial charge in [0.2, 0.25) is 0 Å². The molecule has 6 heavy (non-hydrogen) atoms. The van der Waals surface area contributed by atoms with Crippen LogP contribution in [0.1, 0.15) is 0 Å². The quantitative estimate of drug-likeness (QED) is 0.247. The molecule has 0 unspecified atom stereocenters. The summed E-state index contributed by atoms with van der Waals surface area (Å²) in [4.78, 5) is 0. The van der Waals surface area contributed by atoms with E-state index < -0.39 is 0 Å². The molecule has 0 heterocycles. The summed E-state index contributed by atoms with van der Waals surface area (Å²) in [6.07, 6.45) is 0. The Morgan fingerprint density at radius 1 is 1.33 bits per heavy atom. The monoisotopic (exact) mass is 139 g/mol. The third-order valence-electron chi connectivity index (χ3n) is 0. The molecule has 0 amide bonds. The Balaban J connectivity index is -0.00000000667. The van der Waals surface area contributed by atoms with Gasteiger partial charge >= 0.3 is 103 Å². The zero-order valence-electron chi connectivity index (χ0n) is 4.27. The summed E-state index contributed by atoms with van der Waals surface area (Å²) in [5, 5.41) is 8.82. The molecule has 0 spiro atoms. The third kappa shape index (κ3) is 27.1. The summed E-state index contributed by atoms with van der Waals surface area (Å²) in [5.41, 5.74) is 0. The molecule has 2 nitrogen and oxygen atoms in total. The standard InChI is InChI=1S/C2H4O.2K.H2O/c1-2-3;;;/h1-2H2;;;1H2/q-2;2*+1;/p-1. The molecule has 0 aromatic rings. The summed E-state index contributed by atoms with van der Waals surface area (Å²) < 4.78 is 0. The van der Waals surface area contributed by atoms with Crippen LogP contribution in [0.15, 0.2) is 0 Å². The van der Waals surface area contributed by atoms with Gasteiger partial charge in [-0.05, 0) is 0 Å². The SMILES string of the molecule is [CH2-]C[O-].[K+].[K+].[OH-]. The van der Waals surface area contributed by atoms with E-state index in [2.05, 4.69) is 6.92 Å². The molecule has 0 saturated heterocycles. The summed E-state index contributed by atoms with van der Waals surface area (Å²) in [5.74, 6) is 0. The van der Waals surface area contributed by atoms with E-state index in [1.165, 1.54) is 0 Å². The van der Waals surface area contributed by atoms with Gasteiger partial charge in [0.25, 0.3) is 0 Å². The predicted octanol–water partition coefficient (Wildman–Crippen LogP) is -6.99. The van der Waals surface area contributed by atoms with E-state index in [0.29, 0.717) is 0 Å². The smallest absolute Gasteiger partial charge is 0.878 e. The first-order valence-electron chi connectivity index (χ1n) is 0.789. The average molecular weight is 139 g/mol. The molecule has 0 aromatic heterocycles. The van der Waals surface area contributed by atoms with E-state index in [-0.39, 0.29) is 115 Å². The molecule has 0 aliphatic heterocycles. The van der Waals surface area contributed by atoms with Crippen molar-refractivity contribution in [2.24, 2.45) is 0 Å². The van der Waals surface area contributed by atoms with Crippen LogP contribution >= 0.6 is 0 Å². The molecule has 28 valence electrons. The Bertz CT molecular complexity index is 9.51. The molecule has 0 bridgehead atoms. The largest absolute Gasteiger partial charge is 1.00 e. The van der Waals surface area contributed by atoms with E-state index in [9.17, 15) is 0 Å². The Morgan fingerprint density at radius 2 is 1.33 bits per heavy atom. The first-order chi connectivity index (χ1) is 1.41. The van der Waals surface area contributed by atoms with Gasteiger partial charge in [0.15, 0.2) is 0 Å². The van der Waals surface area contributed by atoms with Crippen molar-refractivity contribution in [3.8, 4) is 0 Å². The first-order valence-corrected chi connectivity index (χ1v) is 0.789. The van der Waals surface area contributed by atoms with Crippen LogP contribution in [0, 0.1) is 6.92 Å². The molecule has 4 heteroatoms. The van der Waals surface area contributed by atoms with Gasteiger partial charge in [-0.1, -0.05) is 0 Å². The molecule has 0 aliphatic carbocycles. The van der Waals surface area contributed by atoms with Crippen molar-refractivity contribution in [1.29, 1.82) is 0 Å². The van der Waals surface area contributed by atoms with Gasteiger partial charge in [-0.15, -0.1) is 0 Å². The fourth-order valence-electron chi connectivity index (χ4n) is 0. The summed E-state index contributed by atoms with van der Waals surface area (Å²) in [6.45, 7) is 2.68. The Morgan fingerprint density at radius 3 is 1.33 bits per heavy atom. The fraction of sp³-hybridized carbons (Fsp3) is 0.500. The van der Waals surface area contributed by atoms with Crippen LogP contribution < -0.4 is 108 Å². The van der Waals surface area contributed by atoms with Gasteiger partial charge in [0, 0.05) is 0 Å². The summed E-state index contributed by atoms with van der Waals surface area (Å²) in [6, 6.07) is 0. The van der Waals surface area contributed by atoms with E-state index in [4.69, 9.17) is 5.11 Å². The second-order valence-corrected chi connectivity index (χ2v) is 0.204. The normalized spacial score (nSPS) is 3.00. The van der Waals surface area contributed by atoms with E-state index >= 15 is 0 Å². The average Bonchev–Trinajstić information content (AvgIpc) is 0.918. The third-order valence-corrected chi connectivity index (χ3v) is 0. The fourth-order valence-corrected chi connectivity index (χ4v) is 0. The van der Waals surface area contributed by atoms with Crippen molar-refractivity contribution in [1.82, 2.24) is 0 Å². The second-order valence-electron chi connectivity index (χ2n) is 0.204. The minimum atomic E-state index is -0.250. The maximum atomic E-state index is 8.82. The van der Waals surface area contributed by atoms with Crippen molar-refractivity contribution in [2.45, 2.75) is 0 Å². The predicted molar refractivity (Wildman–Crippen MR) is 12.2 cm³/mol. The van der Waals surface area contributed by atoms with Crippen LogP contribution in [0.3, 0.4) is 0 Å². The van der Waals surface area contributed by atoms with Gasteiger partial charge < -0.3 is 17.5 Å². The van der Waals surface area contributed by atoms with Gasteiger partial charge in [-0.25, -0.2) is 0 Å². The van der Waals surface area contributed by atoms with Crippen LogP contribution in [-0.4, -0.2) is 12.1 Å². The zero-order valence-corrected chi connectivity index (χ0v) is 10.5. The molecule has 0 aromatic carbocycles. The summed E-state index contributed by atoms with van der Waals surface area (Å²) in [7, 11) is 0. The molecular weight excluding hydrogens is 134 g/mol. The minimum Gasteiger partial charge on any atom is -0.878 e. The van der Waals surface area contributed by atoms with Gasteiger partial charge in [0.05, 0.1) is 0 Å². The van der Waals surface area contributed by atoms with E-state index in [1.54, 1.807) is 0 Å². The minimum absolute atomic E-state index is 0. The van der Waals surface area contributed by atoms with Crippen LogP contribution in [0.4, 0.5) is 0 Å². The molecule has 0 aliphatic rings. The van der Waals surface area contributed by atoms with Crippen molar-refractivity contribution >= 4 is 0 Å². The van der Waals surface area contributed by atoms with Gasteiger partial charge in [-0.3, -0.25) is 6.61 Å². The first kappa shape index (κ1) is 22.9. The van der Waals surface area contributed by atoms with Crippen molar-refractivity contribution in [2.75, 3.05) is 6.61 Å². The Kier molecular flexibility index (Phi) is 92.0. The molecule has 0 radical (unpaired) electrons. The Hall–Kier alpha value is 3.19. The van der Waals surface area contributed by atoms with E-state index in [1.807, 2.05) is 0 Å². The van der Waals surface area contributed by atoms with E-state index in [0.717, 1.165) is 0 Å². The molecule has 0 saturated carbocycles. The second kappa shape index (κ2) is 24.1. The van der Waals surface area contributed by atoms with Crippen molar-refractivity contribution in [3.05, 3.63) is 6.92 Å². The molecular formula is C2H5K2O2-.